The van der Waals surface area contributed by atoms with Crippen molar-refractivity contribution in [3.8, 4) is 55.6 Å². The first-order valence-electron chi connectivity index (χ1n) is 26.1. The van der Waals surface area contributed by atoms with E-state index < -0.39 is 0 Å². The van der Waals surface area contributed by atoms with Gasteiger partial charge in [-0.05, 0) is 214 Å². The molecular weight excluding hydrogens is 877 g/mol. The van der Waals surface area contributed by atoms with Gasteiger partial charge in [-0.25, -0.2) is 0 Å². The Balaban J connectivity index is 1.11. The van der Waals surface area contributed by atoms with Crippen LogP contribution < -0.4 is 0 Å². The van der Waals surface area contributed by atoms with Crippen molar-refractivity contribution in [3.63, 3.8) is 0 Å². The molecule has 0 amide bonds. The maximum Gasteiger partial charge on any atom is 0.0210 e. The number of benzene rings is 14. The molecule has 0 aliphatic heterocycles. The molecule has 0 saturated carbocycles. The molecule has 1 aliphatic rings. The van der Waals surface area contributed by atoms with Crippen molar-refractivity contribution < 1.29 is 0 Å². The van der Waals surface area contributed by atoms with E-state index in [2.05, 4.69) is 257 Å². The van der Waals surface area contributed by atoms with Crippen molar-refractivity contribution in [2.75, 3.05) is 0 Å². The summed E-state index contributed by atoms with van der Waals surface area (Å²) in [5.41, 5.74) is 15.4. The SMILES string of the molecule is CCC1(CC)c2cc(-c3cc4ccccc4c4ccccc34)c(-c3cc4ccccc4c4ccccc34)cc2-c2cc(-c3cc4ccccc4c4ccccc34)c(-c3cc4ccccc4c4ccccc34)cc21. The van der Waals surface area contributed by atoms with Crippen LogP contribution in [0, 0.1) is 0 Å². The quantitative estimate of drug-likeness (QED) is 0.146. The van der Waals surface area contributed by atoms with Gasteiger partial charge in [0.05, 0.1) is 0 Å². The van der Waals surface area contributed by atoms with Crippen LogP contribution in [0.1, 0.15) is 37.8 Å². The van der Waals surface area contributed by atoms with E-state index in [1.165, 1.54) is 153 Å². The number of hydrogen-bond donors (Lipinski definition) is 0. The van der Waals surface area contributed by atoms with E-state index in [4.69, 9.17) is 0 Å². The second-order valence-electron chi connectivity index (χ2n) is 20.4. The molecule has 0 heteroatoms. The minimum absolute atomic E-state index is 0.249. The van der Waals surface area contributed by atoms with Crippen molar-refractivity contribution >= 4 is 86.2 Å². The summed E-state index contributed by atoms with van der Waals surface area (Å²) in [5, 5.41) is 20.4. The Morgan fingerprint density at radius 3 is 0.685 bits per heavy atom. The minimum atomic E-state index is -0.249. The van der Waals surface area contributed by atoms with Gasteiger partial charge in [0.1, 0.15) is 0 Å². The fourth-order valence-electron chi connectivity index (χ4n) is 13.6. The van der Waals surface area contributed by atoms with Crippen LogP contribution in [0.15, 0.2) is 243 Å². The maximum atomic E-state index is 2.65. The lowest BCUT2D eigenvalue weighted by atomic mass is 9.72. The van der Waals surface area contributed by atoms with E-state index >= 15 is 0 Å². The summed E-state index contributed by atoms with van der Waals surface area (Å²) >= 11 is 0. The predicted molar refractivity (Wildman–Crippen MR) is 315 cm³/mol. The third-order valence-electron chi connectivity index (χ3n) is 17.1. The van der Waals surface area contributed by atoms with Crippen LogP contribution in [0.4, 0.5) is 0 Å². The van der Waals surface area contributed by atoms with Crippen molar-refractivity contribution in [2.24, 2.45) is 0 Å². The highest BCUT2D eigenvalue weighted by atomic mass is 14.5. The summed E-state index contributed by atoms with van der Waals surface area (Å²) in [7, 11) is 0. The van der Waals surface area contributed by atoms with Crippen LogP contribution in [0.3, 0.4) is 0 Å². The monoisotopic (exact) mass is 926 g/mol. The molecule has 15 rings (SSSR count). The summed E-state index contributed by atoms with van der Waals surface area (Å²) in [6.45, 7) is 4.85. The molecule has 14 aromatic carbocycles. The lowest BCUT2D eigenvalue weighted by Gasteiger charge is -2.31. The van der Waals surface area contributed by atoms with Crippen LogP contribution in [-0.2, 0) is 5.41 Å². The first kappa shape index (κ1) is 41.9. The molecule has 0 nitrogen and oxygen atoms in total. The topological polar surface area (TPSA) is 0 Å². The van der Waals surface area contributed by atoms with Crippen LogP contribution in [0.2, 0.25) is 0 Å². The second-order valence-corrected chi connectivity index (χ2v) is 20.4. The lowest BCUT2D eigenvalue weighted by Crippen LogP contribution is -2.23. The van der Waals surface area contributed by atoms with Gasteiger partial charge in [-0.15, -0.1) is 0 Å². The molecule has 0 atom stereocenters. The van der Waals surface area contributed by atoms with Gasteiger partial charge in [0, 0.05) is 5.41 Å². The van der Waals surface area contributed by atoms with Crippen molar-refractivity contribution in [3.05, 3.63) is 254 Å². The normalized spacial score (nSPS) is 13.0. The fraction of sp³-hybridized carbons (Fsp3) is 0.0685. The average Bonchev–Trinajstić information content (AvgIpc) is 3.73. The lowest BCUT2D eigenvalue weighted by molar-refractivity contribution is 0.491. The largest absolute Gasteiger partial charge is 0.0642 e. The van der Waals surface area contributed by atoms with E-state index in [1.807, 2.05) is 0 Å². The third-order valence-corrected chi connectivity index (χ3v) is 17.1. The molecule has 0 aromatic heterocycles. The number of fused-ring (bicyclic) bond motifs is 15. The fourth-order valence-corrected chi connectivity index (χ4v) is 13.6. The summed E-state index contributed by atoms with van der Waals surface area (Å²) in [4.78, 5) is 0. The van der Waals surface area contributed by atoms with Crippen molar-refractivity contribution in [1.82, 2.24) is 0 Å². The Hall–Kier alpha value is -8.84. The van der Waals surface area contributed by atoms with E-state index in [0.29, 0.717) is 0 Å². The highest BCUT2D eigenvalue weighted by Gasteiger charge is 2.42. The zero-order valence-electron chi connectivity index (χ0n) is 41.0. The standard InChI is InChI=1S/C73H50/c1-3-73(4-2)71-43-67(63-39-47-23-7-11-27-51(47)55-31-15-19-35-59(55)63)65(61-37-45-21-5-9-25-49(45)53-29-13-17-33-57(53)61)41-69(71)70-42-66(62-38-46-22-6-10-26-50(46)54-30-14-18-34-58(54)62)68(44-72(70)73)64-40-48-24-8-12-28-52(48)56-32-16-20-36-60(56)64/h5-44H,3-4H2,1-2H3. The summed E-state index contributed by atoms with van der Waals surface area (Å²) in [6.07, 6.45) is 1.94. The molecule has 14 aromatic rings. The smallest absolute Gasteiger partial charge is 0.0210 e. The second kappa shape index (κ2) is 16.1. The molecule has 342 valence electrons. The minimum Gasteiger partial charge on any atom is -0.0642 e. The molecule has 0 spiro atoms. The van der Waals surface area contributed by atoms with Gasteiger partial charge in [0.25, 0.3) is 0 Å². The molecular formula is C73H50. The van der Waals surface area contributed by atoms with E-state index in [9.17, 15) is 0 Å². The molecule has 0 saturated heterocycles. The zero-order valence-corrected chi connectivity index (χ0v) is 41.0. The highest BCUT2D eigenvalue weighted by molar-refractivity contribution is 6.21. The highest BCUT2D eigenvalue weighted by Crippen LogP contribution is 2.59. The average molecular weight is 927 g/mol. The van der Waals surface area contributed by atoms with Gasteiger partial charge in [-0.3, -0.25) is 0 Å². The van der Waals surface area contributed by atoms with E-state index in [-0.39, 0.29) is 5.41 Å². The Kier molecular flexibility index (Phi) is 9.23. The molecule has 0 unspecified atom stereocenters. The van der Waals surface area contributed by atoms with Crippen LogP contribution >= 0.6 is 0 Å². The van der Waals surface area contributed by atoms with Crippen molar-refractivity contribution in [2.45, 2.75) is 32.1 Å². The van der Waals surface area contributed by atoms with Gasteiger partial charge in [0.2, 0.25) is 0 Å². The summed E-state index contributed by atoms with van der Waals surface area (Å²) in [5.74, 6) is 0. The Bertz CT molecular complexity index is 4350. The van der Waals surface area contributed by atoms with Gasteiger partial charge in [-0.1, -0.05) is 208 Å². The number of rotatable bonds is 6. The molecule has 0 heterocycles. The third kappa shape index (κ3) is 6.08. The van der Waals surface area contributed by atoms with E-state index in [0.717, 1.165) is 12.8 Å². The van der Waals surface area contributed by atoms with Crippen molar-refractivity contribution in [1.29, 1.82) is 0 Å². The predicted octanol–water partition coefficient (Wildman–Crippen LogP) is 20.7. The van der Waals surface area contributed by atoms with Crippen LogP contribution in [-0.4, -0.2) is 0 Å². The number of hydrogen-bond acceptors (Lipinski definition) is 0. The van der Waals surface area contributed by atoms with Crippen LogP contribution in [0.25, 0.3) is 142 Å². The van der Waals surface area contributed by atoms with Crippen LogP contribution in [0.5, 0.6) is 0 Å². The zero-order chi connectivity index (χ0) is 48.4. The Morgan fingerprint density at radius 1 is 0.205 bits per heavy atom. The van der Waals surface area contributed by atoms with Gasteiger partial charge in [0.15, 0.2) is 0 Å². The first-order valence-corrected chi connectivity index (χ1v) is 26.1. The molecule has 0 bridgehead atoms. The first-order chi connectivity index (χ1) is 36.1. The van der Waals surface area contributed by atoms with Gasteiger partial charge < -0.3 is 0 Å². The molecule has 0 radical (unpaired) electrons. The Labute approximate surface area is 425 Å². The maximum absolute atomic E-state index is 2.65. The molecule has 0 fully saturated rings. The molecule has 1 aliphatic carbocycles. The van der Waals surface area contributed by atoms with E-state index in [1.54, 1.807) is 0 Å². The summed E-state index contributed by atoms with van der Waals surface area (Å²) < 4.78 is 0. The van der Waals surface area contributed by atoms with Gasteiger partial charge >= 0.3 is 0 Å². The van der Waals surface area contributed by atoms with Gasteiger partial charge in [-0.2, -0.15) is 0 Å². The summed E-state index contributed by atoms with van der Waals surface area (Å²) in [6, 6.07) is 92.4. The Morgan fingerprint density at radius 2 is 0.425 bits per heavy atom. The molecule has 0 N–H and O–H groups in total. The molecule has 73 heavy (non-hydrogen) atoms.